The Morgan fingerprint density at radius 1 is 0.732 bits per heavy atom. The Kier molecular flexibility index (Phi) is 10.2. The first-order chi connectivity index (χ1) is 27.1. The molecule has 4 unspecified atom stereocenters. The van der Waals surface area contributed by atoms with Gasteiger partial charge in [0.05, 0.1) is 48.1 Å². The van der Waals surface area contributed by atoms with Crippen molar-refractivity contribution in [3.05, 3.63) is 71.4 Å². The standard InChI is InChI=1S/C42H48N8O6/c1-25(2)35(49-19-21-55-41(49)53)39(51)47-17-5-7-33(47)37-43-24-32(46-37)29-14-11-27(12-15-29)9-10-28-13-16-30-31(23-28)45-38(44-30)34-8-6-18-48(34)40(52)36(26(3)4)50-20-22-56-42(50)54/h11-16,23-26,33-36H,5-8,17-22H2,1-4H3,(H,43,46)(H,44,45). The predicted octanol–water partition coefficient (Wildman–Crippen LogP) is 5.63. The van der Waals surface area contributed by atoms with E-state index in [9.17, 15) is 19.2 Å². The number of aromatic nitrogens is 4. The van der Waals surface area contributed by atoms with E-state index >= 15 is 0 Å². The number of ether oxygens (including phenoxy) is 2. The molecule has 8 rings (SSSR count). The second kappa shape index (κ2) is 15.4. The van der Waals surface area contributed by atoms with Crippen molar-refractivity contribution in [1.82, 2.24) is 39.5 Å². The summed E-state index contributed by atoms with van der Waals surface area (Å²) in [6, 6.07) is 12.3. The van der Waals surface area contributed by atoms with E-state index in [-0.39, 0.29) is 35.7 Å². The van der Waals surface area contributed by atoms with Crippen molar-refractivity contribution in [3.8, 4) is 23.1 Å². The monoisotopic (exact) mass is 760 g/mol. The van der Waals surface area contributed by atoms with Crippen LogP contribution in [0.2, 0.25) is 0 Å². The molecule has 2 N–H and O–H groups in total. The van der Waals surface area contributed by atoms with Gasteiger partial charge in [-0.1, -0.05) is 51.7 Å². The quantitative estimate of drug-likeness (QED) is 0.208. The highest BCUT2D eigenvalue weighted by Crippen LogP contribution is 2.35. The maximum Gasteiger partial charge on any atom is 0.410 e. The summed E-state index contributed by atoms with van der Waals surface area (Å²) in [5.41, 5.74) is 5.14. The SMILES string of the molecule is CC(C)C(C(=O)N1CCCC1c1ncc(-c2ccc(C#Cc3ccc4nc(C5CCCN5C(=O)C(C(C)C)N5CCOC5=O)[nH]c4c3)cc2)[nH]1)N1CCOC1=O. The zero-order valence-electron chi connectivity index (χ0n) is 32.3. The highest BCUT2D eigenvalue weighted by Gasteiger charge is 2.44. The Morgan fingerprint density at radius 3 is 1.84 bits per heavy atom. The van der Waals surface area contributed by atoms with Crippen LogP contribution in [0.5, 0.6) is 0 Å². The van der Waals surface area contributed by atoms with Gasteiger partial charge in [-0.2, -0.15) is 0 Å². The minimum Gasteiger partial charge on any atom is -0.448 e. The molecule has 0 radical (unpaired) electrons. The van der Waals surface area contributed by atoms with Crippen LogP contribution in [0.25, 0.3) is 22.3 Å². The minimum absolute atomic E-state index is 0.0507. The van der Waals surface area contributed by atoms with Gasteiger partial charge in [0.1, 0.15) is 36.9 Å². The summed E-state index contributed by atoms with van der Waals surface area (Å²) < 4.78 is 10.3. The Bertz CT molecular complexity index is 2200. The van der Waals surface area contributed by atoms with Gasteiger partial charge in [0.2, 0.25) is 11.8 Å². The largest absolute Gasteiger partial charge is 0.448 e. The van der Waals surface area contributed by atoms with Crippen LogP contribution in [-0.2, 0) is 19.1 Å². The van der Waals surface area contributed by atoms with Crippen LogP contribution in [0.15, 0.2) is 48.7 Å². The maximum atomic E-state index is 13.9. The third-order valence-corrected chi connectivity index (χ3v) is 11.4. The fraction of sp³-hybridized carbons (Fsp3) is 0.476. The lowest BCUT2D eigenvalue weighted by molar-refractivity contribution is -0.139. The molecule has 4 aliphatic heterocycles. The molecule has 2 aromatic carbocycles. The number of H-pyrrole nitrogens is 2. The average molecular weight is 761 g/mol. The highest BCUT2D eigenvalue weighted by atomic mass is 16.6. The van der Waals surface area contributed by atoms with Gasteiger partial charge in [0.25, 0.3) is 0 Å². The van der Waals surface area contributed by atoms with E-state index in [4.69, 9.17) is 19.4 Å². The third kappa shape index (κ3) is 7.06. The Morgan fingerprint density at radius 2 is 1.29 bits per heavy atom. The van der Waals surface area contributed by atoms with Gasteiger partial charge in [-0.15, -0.1) is 0 Å². The van der Waals surface area contributed by atoms with E-state index in [2.05, 4.69) is 21.8 Å². The van der Waals surface area contributed by atoms with Crippen molar-refractivity contribution < 1.29 is 28.7 Å². The fourth-order valence-electron chi connectivity index (χ4n) is 8.64. The summed E-state index contributed by atoms with van der Waals surface area (Å²) in [6.45, 7) is 10.5. The summed E-state index contributed by atoms with van der Waals surface area (Å²) in [7, 11) is 0. The second-order valence-electron chi connectivity index (χ2n) is 15.7. The number of carbonyl (C=O) groups excluding carboxylic acids is 4. The number of hydrogen-bond donors (Lipinski definition) is 2. The van der Waals surface area contributed by atoms with Crippen molar-refractivity contribution in [2.45, 2.75) is 77.5 Å². The first-order valence-electron chi connectivity index (χ1n) is 19.7. The number of fused-ring (bicyclic) bond motifs is 1. The first-order valence-corrected chi connectivity index (χ1v) is 19.7. The molecule has 4 fully saturated rings. The van der Waals surface area contributed by atoms with Crippen LogP contribution < -0.4 is 0 Å². The zero-order chi connectivity index (χ0) is 39.1. The molecule has 56 heavy (non-hydrogen) atoms. The van der Waals surface area contributed by atoms with Gasteiger partial charge in [0, 0.05) is 24.2 Å². The number of cyclic esters (lactones) is 2. The van der Waals surface area contributed by atoms with E-state index in [0.29, 0.717) is 39.4 Å². The number of nitrogens with one attached hydrogen (secondary N) is 2. The Labute approximate surface area is 325 Å². The first kappa shape index (κ1) is 37.1. The van der Waals surface area contributed by atoms with E-state index < -0.39 is 24.3 Å². The van der Waals surface area contributed by atoms with Crippen molar-refractivity contribution in [2.24, 2.45) is 11.8 Å². The molecular formula is C42H48N8O6. The smallest absolute Gasteiger partial charge is 0.410 e. The molecule has 4 atom stereocenters. The van der Waals surface area contributed by atoms with Crippen molar-refractivity contribution in [1.29, 1.82) is 0 Å². The fourth-order valence-corrected chi connectivity index (χ4v) is 8.64. The molecule has 4 aromatic rings. The van der Waals surface area contributed by atoms with Crippen molar-refractivity contribution in [2.75, 3.05) is 39.4 Å². The molecule has 0 aliphatic carbocycles. The molecule has 4 saturated heterocycles. The van der Waals surface area contributed by atoms with Crippen LogP contribution in [-0.4, -0.2) is 115 Å². The van der Waals surface area contributed by atoms with Gasteiger partial charge in [-0.05, 0) is 73.4 Å². The lowest BCUT2D eigenvalue weighted by atomic mass is 10.0. The van der Waals surface area contributed by atoms with Crippen molar-refractivity contribution in [3.63, 3.8) is 0 Å². The normalized spacial score (nSPS) is 20.9. The molecule has 0 saturated carbocycles. The highest BCUT2D eigenvalue weighted by molar-refractivity contribution is 5.88. The summed E-state index contributed by atoms with van der Waals surface area (Å²) in [4.78, 5) is 75.7. The van der Waals surface area contributed by atoms with Gasteiger partial charge in [-0.3, -0.25) is 19.4 Å². The molecule has 14 nitrogen and oxygen atoms in total. The Hall–Kier alpha value is -5.84. The molecule has 4 amide bonds. The molecule has 292 valence electrons. The minimum atomic E-state index is -0.573. The summed E-state index contributed by atoms with van der Waals surface area (Å²) in [5.74, 6) is 7.78. The van der Waals surface area contributed by atoms with E-state index in [1.165, 1.54) is 0 Å². The number of carbonyl (C=O) groups is 4. The van der Waals surface area contributed by atoms with E-state index in [1.807, 2.05) is 80.0 Å². The lowest BCUT2D eigenvalue weighted by Gasteiger charge is -2.33. The zero-order valence-corrected chi connectivity index (χ0v) is 32.3. The second-order valence-corrected chi connectivity index (χ2v) is 15.7. The lowest BCUT2D eigenvalue weighted by Crippen LogP contribution is -2.51. The number of nitrogens with zero attached hydrogens (tertiary/aromatic N) is 6. The van der Waals surface area contributed by atoms with Crippen LogP contribution >= 0.6 is 0 Å². The summed E-state index contributed by atoms with van der Waals surface area (Å²) in [5, 5.41) is 0. The number of imidazole rings is 2. The third-order valence-electron chi connectivity index (χ3n) is 11.4. The molecule has 0 spiro atoms. The molecule has 0 bridgehead atoms. The van der Waals surface area contributed by atoms with Gasteiger partial charge in [-0.25, -0.2) is 19.6 Å². The Balaban J connectivity index is 0.935. The number of likely N-dealkylation sites (tertiary alicyclic amines) is 2. The van der Waals surface area contributed by atoms with E-state index in [0.717, 1.165) is 70.7 Å². The number of benzene rings is 2. The van der Waals surface area contributed by atoms with Crippen LogP contribution in [0.4, 0.5) is 9.59 Å². The molecule has 2 aromatic heterocycles. The van der Waals surface area contributed by atoms with Crippen LogP contribution in [0.1, 0.15) is 88.2 Å². The molecule has 14 heteroatoms. The number of aromatic amines is 2. The number of amides is 4. The maximum absolute atomic E-state index is 13.9. The average Bonchev–Trinajstić information content (AvgIpc) is 4.03. The van der Waals surface area contributed by atoms with Crippen molar-refractivity contribution >= 4 is 35.0 Å². The molecular weight excluding hydrogens is 713 g/mol. The number of hydrogen-bond acceptors (Lipinski definition) is 8. The van der Waals surface area contributed by atoms with Crippen LogP contribution in [0.3, 0.4) is 0 Å². The van der Waals surface area contributed by atoms with Crippen LogP contribution in [0, 0.1) is 23.7 Å². The number of rotatable bonds is 9. The molecule has 6 heterocycles. The summed E-state index contributed by atoms with van der Waals surface area (Å²) >= 11 is 0. The van der Waals surface area contributed by atoms with Gasteiger partial charge in [0.15, 0.2) is 0 Å². The topological polar surface area (TPSA) is 157 Å². The molecule has 4 aliphatic rings. The van der Waals surface area contributed by atoms with Gasteiger partial charge >= 0.3 is 12.2 Å². The summed E-state index contributed by atoms with van der Waals surface area (Å²) in [6.07, 6.45) is 4.25. The van der Waals surface area contributed by atoms with Gasteiger partial charge < -0.3 is 29.2 Å². The van der Waals surface area contributed by atoms with E-state index in [1.54, 1.807) is 16.0 Å². The predicted molar refractivity (Wildman–Crippen MR) is 207 cm³/mol.